The zero-order valence-electron chi connectivity index (χ0n) is 20.9. The SMILES string of the molecule is CCCCN1C(=O)NC(c2ccc(OC)c(OC)c2)C(c2nc(-c3ccc(OC)c(F)c3)no2)=C1C. The van der Waals surface area contributed by atoms with Crippen LogP contribution in [0.1, 0.15) is 44.2 Å². The Balaban J connectivity index is 1.80. The number of nitrogens with zero attached hydrogens (tertiary/aromatic N) is 3. The van der Waals surface area contributed by atoms with Crippen LogP contribution in [0.15, 0.2) is 46.6 Å². The summed E-state index contributed by atoms with van der Waals surface area (Å²) in [5.74, 6) is 1.12. The molecule has 1 aliphatic rings. The molecule has 1 N–H and O–H groups in total. The Labute approximate surface area is 208 Å². The number of carbonyl (C=O) groups is 1. The predicted molar refractivity (Wildman–Crippen MR) is 131 cm³/mol. The van der Waals surface area contributed by atoms with Gasteiger partial charge >= 0.3 is 6.03 Å². The fourth-order valence-corrected chi connectivity index (χ4v) is 4.18. The van der Waals surface area contributed by atoms with E-state index in [1.54, 1.807) is 37.3 Å². The van der Waals surface area contributed by atoms with E-state index in [1.165, 1.54) is 19.2 Å². The monoisotopic (exact) mass is 496 g/mol. The molecule has 0 saturated carbocycles. The number of amides is 2. The molecule has 2 heterocycles. The summed E-state index contributed by atoms with van der Waals surface area (Å²) in [5, 5.41) is 7.15. The predicted octanol–water partition coefficient (Wildman–Crippen LogP) is 5.20. The lowest BCUT2D eigenvalue weighted by Gasteiger charge is -2.35. The summed E-state index contributed by atoms with van der Waals surface area (Å²) in [6, 6.07) is 9.06. The standard InChI is InChI=1S/C26H29FN4O5/c1-6-7-12-31-15(2)22(23(28-26(31)32)16-8-11-20(34-4)21(14-16)35-5)25-29-24(30-36-25)17-9-10-19(33-3)18(27)13-17/h8-11,13-14,23H,6-7,12H2,1-5H3,(H,28,32). The van der Waals surface area contributed by atoms with Crippen molar-refractivity contribution in [2.45, 2.75) is 32.7 Å². The van der Waals surface area contributed by atoms with Gasteiger partial charge in [0.1, 0.15) is 0 Å². The Morgan fingerprint density at radius 1 is 1.06 bits per heavy atom. The molecule has 0 radical (unpaired) electrons. The highest BCUT2D eigenvalue weighted by atomic mass is 19.1. The topological polar surface area (TPSA) is 99.0 Å². The van der Waals surface area contributed by atoms with E-state index in [0.29, 0.717) is 34.9 Å². The lowest BCUT2D eigenvalue weighted by molar-refractivity contribution is 0.204. The van der Waals surface area contributed by atoms with E-state index in [4.69, 9.17) is 18.7 Å². The second-order valence-electron chi connectivity index (χ2n) is 8.27. The van der Waals surface area contributed by atoms with Crippen LogP contribution in [0.3, 0.4) is 0 Å². The number of nitrogens with one attached hydrogen (secondary N) is 1. The van der Waals surface area contributed by atoms with E-state index < -0.39 is 11.9 Å². The van der Waals surface area contributed by atoms with Gasteiger partial charge in [0.2, 0.25) is 5.82 Å². The van der Waals surface area contributed by atoms with Crippen molar-refractivity contribution >= 4 is 11.6 Å². The number of halogens is 1. The molecule has 9 nitrogen and oxygen atoms in total. The summed E-state index contributed by atoms with van der Waals surface area (Å²) in [6.07, 6.45) is 1.76. The molecular formula is C26H29FN4O5. The molecule has 4 rings (SSSR count). The van der Waals surface area contributed by atoms with Crippen LogP contribution in [-0.4, -0.2) is 48.9 Å². The van der Waals surface area contributed by atoms with Gasteiger partial charge in [-0.25, -0.2) is 9.18 Å². The average Bonchev–Trinajstić information content (AvgIpc) is 3.37. The lowest BCUT2D eigenvalue weighted by Crippen LogP contribution is -2.46. The Bertz CT molecular complexity index is 1290. The first-order valence-corrected chi connectivity index (χ1v) is 11.6. The van der Waals surface area contributed by atoms with Crippen LogP contribution in [0.5, 0.6) is 17.2 Å². The molecule has 1 aliphatic heterocycles. The van der Waals surface area contributed by atoms with E-state index in [9.17, 15) is 9.18 Å². The third-order valence-corrected chi connectivity index (χ3v) is 6.14. The molecule has 10 heteroatoms. The molecular weight excluding hydrogens is 467 g/mol. The fraction of sp³-hybridized carbons (Fsp3) is 0.346. The molecule has 2 aromatic carbocycles. The summed E-state index contributed by atoms with van der Waals surface area (Å²) >= 11 is 0. The van der Waals surface area contributed by atoms with E-state index in [-0.39, 0.29) is 23.5 Å². The molecule has 3 aromatic rings. The van der Waals surface area contributed by atoms with Gasteiger partial charge in [-0.05, 0) is 49.2 Å². The Kier molecular flexibility index (Phi) is 7.42. The number of aromatic nitrogens is 2. The third kappa shape index (κ3) is 4.71. The maximum absolute atomic E-state index is 14.3. The van der Waals surface area contributed by atoms with Crippen LogP contribution < -0.4 is 19.5 Å². The molecule has 36 heavy (non-hydrogen) atoms. The number of allylic oxidation sites excluding steroid dienone is 1. The van der Waals surface area contributed by atoms with Gasteiger partial charge in [0.15, 0.2) is 23.1 Å². The normalized spacial score (nSPS) is 15.7. The van der Waals surface area contributed by atoms with Crippen LogP contribution >= 0.6 is 0 Å². The van der Waals surface area contributed by atoms with Gasteiger partial charge in [0.05, 0.1) is 32.9 Å². The number of rotatable bonds is 9. The molecule has 0 bridgehead atoms. The number of ether oxygens (including phenoxy) is 3. The number of hydrogen-bond acceptors (Lipinski definition) is 7. The number of unbranched alkanes of at least 4 members (excludes halogenated alkanes) is 1. The zero-order valence-corrected chi connectivity index (χ0v) is 20.9. The summed E-state index contributed by atoms with van der Waals surface area (Å²) in [5.41, 5.74) is 2.53. The molecule has 2 amide bonds. The lowest BCUT2D eigenvalue weighted by atomic mass is 9.94. The van der Waals surface area contributed by atoms with Gasteiger partial charge in [-0.2, -0.15) is 4.98 Å². The highest BCUT2D eigenvalue weighted by molar-refractivity contribution is 5.87. The number of methoxy groups -OCH3 is 3. The summed E-state index contributed by atoms with van der Waals surface area (Å²) in [4.78, 5) is 19.3. The first-order valence-electron chi connectivity index (χ1n) is 11.6. The van der Waals surface area contributed by atoms with Crippen molar-refractivity contribution in [2.75, 3.05) is 27.9 Å². The first-order chi connectivity index (χ1) is 17.4. The molecule has 1 aromatic heterocycles. The second-order valence-corrected chi connectivity index (χ2v) is 8.27. The maximum atomic E-state index is 14.3. The van der Waals surface area contributed by atoms with Crippen molar-refractivity contribution in [2.24, 2.45) is 0 Å². The molecule has 0 fully saturated rings. The van der Waals surface area contributed by atoms with Crippen LogP contribution in [0.25, 0.3) is 17.0 Å². The average molecular weight is 497 g/mol. The highest BCUT2D eigenvalue weighted by Gasteiger charge is 2.36. The molecule has 1 atom stereocenters. The third-order valence-electron chi connectivity index (χ3n) is 6.14. The van der Waals surface area contributed by atoms with Crippen molar-refractivity contribution < 1.29 is 27.9 Å². The van der Waals surface area contributed by atoms with Crippen LogP contribution in [0.2, 0.25) is 0 Å². The minimum absolute atomic E-state index is 0.121. The second kappa shape index (κ2) is 10.7. The van der Waals surface area contributed by atoms with Crippen molar-refractivity contribution in [3.05, 3.63) is 59.4 Å². The van der Waals surface area contributed by atoms with E-state index in [2.05, 4.69) is 22.4 Å². The van der Waals surface area contributed by atoms with Gasteiger partial charge < -0.3 is 24.1 Å². The quantitative estimate of drug-likeness (QED) is 0.435. The number of urea groups is 1. The zero-order chi connectivity index (χ0) is 25.8. The Hall–Kier alpha value is -4.08. The van der Waals surface area contributed by atoms with Gasteiger partial charge in [-0.3, -0.25) is 4.90 Å². The van der Waals surface area contributed by atoms with E-state index >= 15 is 0 Å². The van der Waals surface area contributed by atoms with Gasteiger partial charge in [-0.1, -0.05) is 24.6 Å². The van der Waals surface area contributed by atoms with Gasteiger partial charge in [-0.15, -0.1) is 0 Å². The molecule has 190 valence electrons. The molecule has 0 saturated heterocycles. The van der Waals surface area contributed by atoms with Crippen molar-refractivity contribution in [1.29, 1.82) is 0 Å². The highest BCUT2D eigenvalue weighted by Crippen LogP contribution is 2.40. The van der Waals surface area contributed by atoms with Gasteiger partial charge in [0.25, 0.3) is 5.89 Å². The van der Waals surface area contributed by atoms with E-state index in [0.717, 1.165) is 18.4 Å². The van der Waals surface area contributed by atoms with Crippen molar-refractivity contribution in [3.8, 4) is 28.6 Å². The van der Waals surface area contributed by atoms with Crippen LogP contribution in [-0.2, 0) is 0 Å². The molecule has 0 spiro atoms. The Morgan fingerprint density at radius 3 is 2.44 bits per heavy atom. The summed E-state index contributed by atoms with van der Waals surface area (Å²) in [6.45, 7) is 4.46. The summed E-state index contributed by atoms with van der Waals surface area (Å²) in [7, 11) is 4.51. The minimum atomic E-state index is -0.587. The number of hydrogen-bond donors (Lipinski definition) is 1. The van der Waals surface area contributed by atoms with Crippen LogP contribution in [0, 0.1) is 5.82 Å². The molecule has 1 unspecified atom stereocenters. The first kappa shape index (κ1) is 25.0. The Morgan fingerprint density at radius 2 is 1.78 bits per heavy atom. The maximum Gasteiger partial charge on any atom is 0.322 e. The minimum Gasteiger partial charge on any atom is -0.494 e. The number of carbonyl (C=O) groups excluding carboxylic acids is 1. The largest absolute Gasteiger partial charge is 0.494 e. The van der Waals surface area contributed by atoms with Crippen molar-refractivity contribution in [3.63, 3.8) is 0 Å². The van der Waals surface area contributed by atoms with E-state index in [1.807, 2.05) is 13.0 Å². The van der Waals surface area contributed by atoms with Crippen LogP contribution in [0.4, 0.5) is 9.18 Å². The van der Waals surface area contributed by atoms with Gasteiger partial charge in [0, 0.05) is 17.8 Å². The smallest absolute Gasteiger partial charge is 0.322 e. The summed E-state index contributed by atoms with van der Waals surface area (Å²) < 4.78 is 35.8. The number of benzene rings is 2. The van der Waals surface area contributed by atoms with Crippen molar-refractivity contribution in [1.82, 2.24) is 20.4 Å². The molecule has 0 aliphatic carbocycles. The fourth-order valence-electron chi connectivity index (χ4n) is 4.18.